The molecule has 3 N–H and O–H groups in total. The van der Waals surface area contributed by atoms with Crippen LogP contribution < -0.4 is 11.1 Å². The molecule has 0 spiro atoms. The molecule has 190 valence electrons. The average Bonchev–Trinajstić information content (AvgIpc) is 3.65. The zero-order valence-electron chi connectivity index (χ0n) is 20.4. The monoisotopic (exact) mass is 493 g/mol. The van der Waals surface area contributed by atoms with Crippen LogP contribution in [0.2, 0.25) is 0 Å². The lowest BCUT2D eigenvalue weighted by molar-refractivity contribution is -0.153. The van der Waals surface area contributed by atoms with Gasteiger partial charge < -0.3 is 11.1 Å². The van der Waals surface area contributed by atoms with Crippen molar-refractivity contribution in [3.8, 4) is 0 Å². The molecule has 0 saturated heterocycles. The number of hydrogen-bond donors (Lipinski definition) is 2. The van der Waals surface area contributed by atoms with Gasteiger partial charge in [-0.25, -0.2) is 8.78 Å². The van der Waals surface area contributed by atoms with E-state index in [9.17, 15) is 18.4 Å². The highest BCUT2D eigenvalue weighted by atomic mass is 19.2. The van der Waals surface area contributed by atoms with Crippen molar-refractivity contribution in [3.63, 3.8) is 0 Å². The first-order valence-electron chi connectivity index (χ1n) is 13.2. The summed E-state index contributed by atoms with van der Waals surface area (Å²) < 4.78 is 27.2. The van der Waals surface area contributed by atoms with Crippen LogP contribution in [0.5, 0.6) is 0 Å². The number of nitrogens with zero attached hydrogens (tertiary/aromatic N) is 1. The molecule has 3 atom stereocenters. The van der Waals surface area contributed by atoms with Crippen LogP contribution in [0.3, 0.4) is 0 Å². The third kappa shape index (κ3) is 4.05. The van der Waals surface area contributed by atoms with Gasteiger partial charge in [-0.3, -0.25) is 14.6 Å². The minimum absolute atomic E-state index is 0.0850. The van der Waals surface area contributed by atoms with Crippen LogP contribution in [0.15, 0.2) is 42.7 Å². The molecule has 4 bridgehead atoms. The van der Waals surface area contributed by atoms with Crippen molar-refractivity contribution < 1.29 is 18.4 Å². The Morgan fingerprint density at radius 2 is 1.72 bits per heavy atom. The van der Waals surface area contributed by atoms with Crippen molar-refractivity contribution in [2.24, 2.45) is 34.8 Å². The first-order valence-corrected chi connectivity index (χ1v) is 13.2. The number of nitrogens with one attached hydrogen (secondary N) is 1. The number of hydrogen-bond acceptors (Lipinski definition) is 4. The van der Waals surface area contributed by atoms with E-state index < -0.39 is 17.7 Å². The summed E-state index contributed by atoms with van der Waals surface area (Å²) in [5.74, 6) is -0.355. The number of carbonyl (C=O) groups excluding carboxylic acids is 2. The third-order valence-corrected chi connectivity index (χ3v) is 9.76. The van der Waals surface area contributed by atoms with E-state index in [-0.39, 0.29) is 22.7 Å². The number of Topliss-reactive ketones (excluding diaryl/α,β-unsaturated/α-hetero) is 1. The molecule has 5 saturated carbocycles. The van der Waals surface area contributed by atoms with Crippen LogP contribution in [0.1, 0.15) is 56.1 Å². The molecule has 7 rings (SSSR count). The first kappa shape index (κ1) is 23.7. The second-order valence-electron chi connectivity index (χ2n) is 11.9. The molecule has 5 aliphatic rings. The molecule has 36 heavy (non-hydrogen) atoms. The van der Waals surface area contributed by atoms with Crippen molar-refractivity contribution in [1.82, 2.24) is 10.3 Å². The second kappa shape index (κ2) is 8.72. The lowest BCUT2D eigenvalue weighted by Gasteiger charge is -2.60. The molecule has 1 heterocycles. The van der Waals surface area contributed by atoms with Crippen molar-refractivity contribution in [2.45, 2.75) is 62.8 Å². The average molecular weight is 494 g/mol. The predicted molar refractivity (Wildman–Crippen MR) is 131 cm³/mol. The van der Waals surface area contributed by atoms with Crippen molar-refractivity contribution >= 4 is 11.7 Å². The van der Waals surface area contributed by atoms with E-state index in [1.54, 1.807) is 18.5 Å². The van der Waals surface area contributed by atoms with Gasteiger partial charge in [0.25, 0.3) is 0 Å². The molecular formula is C29H33F2N3O2. The number of benzene rings is 1. The van der Waals surface area contributed by atoms with Gasteiger partial charge in [-0.05, 0) is 104 Å². The van der Waals surface area contributed by atoms with Gasteiger partial charge in [0, 0.05) is 36.2 Å². The highest BCUT2D eigenvalue weighted by Crippen LogP contribution is 2.63. The molecule has 5 fully saturated rings. The van der Waals surface area contributed by atoms with E-state index in [1.165, 1.54) is 6.07 Å². The molecule has 5 aliphatic carbocycles. The molecule has 1 aromatic carbocycles. The van der Waals surface area contributed by atoms with E-state index in [0.29, 0.717) is 36.5 Å². The Kier molecular flexibility index (Phi) is 5.74. The van der Waals surface area contributed by atoms with Gasteiger partial charge in [-0.2, -0.15) is 0 Å². The summed E-state index contributed by atoms with van der Waals surface area (Å²) >= 11 is 0. The minimum Gasteiger partial charge on any atom is -0.354 e. The Bertz CT molecular complexity index is 1170. The number of amides is 1. The number of ketones is 1. The van der Waals surface area contributed by atoms with Crippen molar-refractivity contribution in [3.05, 3.63) is 65.5 Å². The van der Waals surface area contributed by atoms with E-state index in [4.69, 9.17) is 5.73 Å². The van der Waals surface area contributed by atoms with Crippen molar-refractivity contribution in [1.29, 1.82) is 0 Å². The summed E-state index contributed by atoms with van der Waals surface area (Å²) in [6.07, 6.45) is 10.3. The van der Waals surface area contributed by atoms with Crippen LogP contribution >= 0.6 is 0 Å². The molecule has 3 unspecified atom stereocenters. The standard InChI is InChI=1S/C29H33F2N3O2/c30-22-2-1-21(12-23(22)31)28(5-6-28)16-34-27(36)26(32)25-19-9-18-10-20(25)15-29(13-18,14-19)24(35)11-17-3-7-33-8-4-17/h1-4,7-8,12,18-20,25-26H,5-6,9-11,13-16,32H2,(H,34,36). The fourth-order valence-electron chi connectivity index (χ4n) is 7.96. The maximum atomic E-state index is 13.8. The zero-order valence-corrected chi connectivity index (χ0v) is 20.4. The number of pyridine rings is 1. The molecule has 5 nitrogen and oxygen atoms in total. The zero-order chi connectivity index (χ0) is 25.1. The van der Waals surface area contributed by atoms with Crippen LogP contribution in [0, 0.1) is 40.7 Å². The van der Waals surface area contributed by atoms with Crippen LogP contribution in [-0.4, -0.2) is 29.3 Å². The Morgan fingerprint density at radius 1 is 1.03 bits per heavy atom. The van der Waals surface area contributed by atoms with Gasteiger partial charge in [0.1, 0.15) is 5.78 Å². The van der Waals surface area contributed by atoms with Crippen LogP contribution in [0.4, 0.5) is 8.78 Å². The molecule has 1 aromatic heterocycles. The minimum atomic E-state index is -0.862. The summed E-state index contributed by atoms with van der Waals surface area (Å²) in [5.41, 5.74) is 7.72. The number of rotatable bonds is 8. The molecule has 0 radical (unpaired) electrons. The molecule has 2 aromatic rings. The highest BCUT2D eigenvalue weighted by molar-refractivity contribution is 5.87. The van der Waals surface area contributed by atoms with Gasteiger partial charge in [-0.1, -0.05) is 6.07 Å². The first-order chi connectivity index (χ1) is 17.3. The number of nitrogens with two attached hydrogens (primary N) is 1. The normalized spacial score (nSPS) is 32.2. The smallest absolute Gasteiger partial charge is 0.237 e. The SMILES string of the molecule is NC(C(=O)NCC1(c2ccc(F)c(F)c2)CC1)C1C2CC3CC1CC(C(=O)Cc1ccncc1)(C3)C2. The molecule has 7 heteroatoms. The fraction of sp³-hybridized carbons (Fsp3) is 0.552. The quantitative estimate of drug-likeness (QED) is 0.580. The van der Waals surface area contributed by atoms with Gasteiger partial charge in [0.05, 0.1) is 6.04 Å². The summed E-state index contributed by atoms with van der Waals surface area (Å²) in [7, 11) is 0. The van der Waals surface area contributed by atoms with Gasteiger partial charge in [0.15, 0.2) is 11.6 Å². The van der Waals surface area contributed by atoms with Crippen molar-refractivity contribution in [2.75, 3.05) is 6.54 Å². The van der Waals surface area contributed by atoms with E-state index in [1.807, 2.05) is 12.1 Å². The van der Waals surface area contributed by atoms with E-state index in [2.05, 4.69) is 10.3 Å². The predicted octanol–water partition coefficient (Wildman–Crippen LogP) is 4.09. The maximum absolute atomic E-state index is 13.8. The largest absolute Gasteiger partial charge is 0.354 e. The number of halogens is 2. The molecule has 0 aliphatic heterocycles. The third-order valence-electron chi connectivity index (χ3n) is 9.76. The highest BCUT2D eigenvalue weighted by Gasteiger charge is 2.59. The molecule has 1 amide bonds. The fourth-order valence-corrected chi connectivity index (χ4v) is 7.96. The second-order valence-corrected chi connectivity index (χ2v) is 11.9. The van der Waals surface area contributed by atoms with Gasteiger partial charge >= 0.3 is 0 Å². The Morgan fingerprint density at radius 3 is 2.36 bits per heavy atom. The topological polar surface area (TPSA) is 85.1 Å². The van der Waals surface area contributed by atoms with E-state index in [0.717, 1.165) is 62.1 Å². The summed E-state index contributed by atoms with van der Waals surface area (Å²) in [4.78, 5) is 30.8. The number of aromatic nitrogens is 1. The lowest BCUT2D eigenvalue weighted by atomic mass is 9.44. The lowest BCUT2D eigenvalue weighted by Crippen LogP contribution is -2.61. The summed E-state index contributed by atoms with van der Waals surface area (Å²) in [6, 6.07) is 7.21. The maximum Gasteiger partial charge on any atom is 0.237 e. The van der Waals surface area contributed by atoms with Crippen LogP contribution in [-0.2, 0) is 21.4 Å². The van der Waals surface area contributed by atoms with E-state index >= 15 is 0 Å². The molecular weight excluding hydrogens is 460 g/mol. The summed E-state index contributed by atoms with van der Waals surface area (Å²) in [6.45, 7) is 0.379. The van der Waals surface area contributed by atoms with Gasteiger partial charge in [0.2, 0.25) is 5.91 Å². The van der Waals surface area contributed by atoms with Crippen LogP contribution in [0.25, 0.3) is 0 Å². The Hall–Kier alpha value is -2.67. The number of carbonyl (C=O) groups is 2. The summed E-state index contributed by atoms with van der Waals surface area (Å²) in [5, 5.41) is 3.04. The van der Waals surface area contributed by atoms with Gasteiger partial charge in [-0.15, -0.1) is 0 Å². The Labute approximate surface area is 210 Å². The Balaban J connectivity index is 1.11.